The number of methoxy groups -OCH3 is 2. The Morgan fingerprint density at radius 1 is 1.24 bits per heavy atom. The Kier molecular flexibility index (Phi) is 3.18. The summed E-state index contributed by atoms with van der Waals surface area (Å²) in [6, 6.07) is 1.73. The highest BCUT2D eigenvalue weighted by molar-refractivity contribution is 5.79. The third-order valence-electron chi connectivity index (χ3n) is 2.37. The molecule has 0 N–H and O–H groups in total. The first-order valence-corrected chi connectivity index (χ1v) is 4.98. The molecule has 0 saturated heterocycles. The van der Waals surface area contributed by atoms with Crippen molar-refractivity contribution in [3.63, 3.8) is 0 Å². The van der Waals surface area contributed by atoms with Crippen LogP contribution in [0, 0.1) is 0 Å². The summed E-state index contributed by atoms with van der Waals surface area (Å²) in [5.74, 6) is 2.07. The molecule has 5 nitrogen and oxygen atoms in total. The largest absolute Gasteiger partial charge is 0.493 e. The van der Waals surface area contributed by atoms with Crippen LogP contribution in [-0.4, -0.2) is 27.3 Å². The second-order valence-corrected chi connectivity index (χ2v) is 3.26. The molecule has 0 atom stereocenters. The molecule has 0 aliphatic carbocycles. The van der Waals surface area contributed by atoms with E-state index in [-0.39, 0.29) is 6.79 Å². The van der Waals surface area contributed by atoms with Gasteiger partial charge in [-0.25, -0.2) is 0 Å². The predicted molar refractivity (Wildman–Crippen MR) is 60.8 cm³/mol. The molecular formula is C12H12O5. The van der Waals surface area contributed by atoms with Crippen molar-refractivity contribution in [1.29, 1.82) is 0 Å². The Hall–Kier alpha value is -2.17. The van der Waals surface area contributed by atoms with Crippen LogP contribution in [0.2, 0.25) is 0 Å². The van der Waals surface area contributed by atoms with Crippen molar-refractivity contribution < 1.29 is 23.7 Å². The monoisotopic (exact) mass is 236 g/mol. The van der Waals surface area contributed by atoms with Crippen molar-refractivity contribution in [2.75, 3.05) is 21.0 Å². The van der Waals surface area contributed by atoms with Gasteiger partial charge in [-0.3, -0.25) is 4.79 Å². The van der Waals surface area contributed by atoms with Crippen LogP contribution >= 0.6 is 0 Å². The van der Waals surface area contributed by atoms with E-state index >= 15 is 0 Å². The molecule has 0 amide bonds. The Morgan fingerprint density at radius 3 is 2.65 bits per heavy atom. The molecule has 5 heteroatoms. The van der Waals surface area contributed by atoms with Gasteiger partial charge >= 0.3 is 0 Å². The van der Waals surface area contributed by atoms with Gasteiger partial charge in [0.25, 0.3) is 0 Å². The van der Waals surface area contributed by atoms with Crippen LogP contribution in [0.25, 0.3) is 6.08 Å². The maximum absolute atomic E-state index is 10.3. The minimum absolute atomic E-state index is 0.126. The molecule has 1 heterocycles. The van der Waals surface area contributed by atoms with Gasteiger partial charge in [-0.2, -0.15) is 0 Å². The fourth-order valence-corrected chi connectivity index (χ4v) is 1.66. The Morgan fingerprint density at radius 2 is 2.00 bits per heavy atom. The van der Waals surface area contributed by atoms with Crippen LogP contribution in [0.15, 0.2) is 12.1 Å². The SMILES string of the molecule is COc1cc(/C=C/C=O)c2c(c1OC)OCO2. The van der Waals surface area contributed by atoms with Crippen molar-refractivity contribution in [1.82, 2.24) is 0 Å². The zero-order valence-corrected chi connectivity index (χ0v) is 9.56. The third-order valence-corrected chi connectivity index (χ3v) is 2.37. The number of rotatable bonds is 4. The van der Waals surface area contributed by atoms with Crippen molar-refractivity contribution in [3.8, 4) is 23.0 Å². The maximum Gasteiger partial charge on any atom is 0.231 e. The molecule has 0 bridgehead atoms. The molecule has 1 aliphatic heterocycles. The Labute approximate surface area is 98.5 Å². The first-order valence-electron chi connectivity index (χ1n) is 4.98. The quantitative estimate of drug-likeness (QED) is 0.587. The van der Waals surface area contributed by atoms with Crippen molar-refractivity contribution in [3.05, 3.63) is 17.7 Å². The first-order chi connectivity index (χ1) is 8.31. The highest BCUT2D eigenvalue weighted by atomic mass is 16.7. The summed E-state index contributed by atoms with van der Waals surface area (Å²) in [5, 5.41) is 0. The molecule has 0 radical (unpaired) electrons. The van der Waals surface area contributed by atoms with E-state index in [9.17, 15) is 4.79 Å². The van der Waals surface area contributed by atoms with Crippen LogP contribution in [0.5, 0.6) is 23.0 Å². The fraction of sp³-hybridized carbons (Fsp3) is 0.250. The second kappa shape index (κ2) is 4.78. The standard InChI is InChI=1S/C12H12O5/c1-14-9-6-8(4-3-5-13)10-12(11(9)15-2)17-7-16-10/h3-6H,7H2,1-2H3/b4-3+. The van der Waals surface area contributed by atoms with Gasteiger partial charge in [-0.1, -0.05) is 0 Å². The molecule has 2 rings (SSSR count). The van der Waals surface area contributed by atoms with E-state index in [1.165, 1.54) is 20.3 Å². The molecule has 1 aromatic rings. The number of ether oxygens (including phenoxy) is 4. The van der Waals surface area contributed by atoms with Crippen molar-refractivity contribution in [2.24, 2.45) is 0 Å². The number of carbonyl (C=O) groups excluding carboxylic acids is 1. The number of fused-ring (bicyclic) bond motifs is 1. The van der Waals surface area contributed by atoms with Crippen LogP contribution in [0.1, 0.15) is 5.56 Å². The summed E-state index contributed by atoms with van der Waals surface area (Å²) in [6.45, 7) is 0.126. The maximum atomic E-state index is 10.3. The Balaban J connectivity index is 2.58. The molecule has 0 aromatic heterocycles. The average molecular weight is 236 g/mol. The van der Waals surface area contributed by atoms with Crippen LogP contribution < -0.4 is 18.9 Å². The summed E-state index contributed by atoms with van der Waals surface area (Å²) in [4.78, 5) is 10.3. The van der Waals surface area contributed by atoms with Crippen molar-refractivity contribution >= 4 is 12.4 Å². The van der Waals surface area contributed by atoms with E-state index in [4.69, 9.17) is 18.9 Å². The molecule has 1 aliphatic rings. The molecular weight excluding hydrogens is 224 g/mol. The van der Waals surface area contributed by atoms with Gasteiger partial charge in [0.15, 0.2) is 11.5 Å². The van der Waals surface area contributed by atoms with Gasteiger partial charge in [0.05, 0.1) is 14.2 Å². The molecule has 90 valence electrons. The van der Waals surface area contributed by atoms with Crippen molar-refractivity contribution in [2.45, 2.75) is 0 Å². The van der Waals surface area contributed by atoms with Crippen LogP contribution in [0.4, 0.5) is 0 Å². The molecule has 17 heavy (non-hydrogen) atoms. The summed E-state index contributed by atoms with van der Waals surface area (Å²) in [6.07, 6.45) is 3.70. The van der Waals surface area contributed by atoms with E-state index in [1.54, 1.807) is 12.1 Å². The van der Waals surface area contributed by atoms with Gasteiger partial charge < -0.3 is 18.9 Å². The number of hydrogen-bond donors (Lipinski definition) is 0. The lowest BCUT2D eigenvalue weighted by atomic mass is 10.1. The zero-order chi connectivity index (χ0) is 12.3. The normalized spacial score (nSPS) is 12.8. The van der Waals surface area contributed by atoms with Gasteiger partial charge in [-0.05, 0) is 18.2 Å². The van der Waals surface area contributed by atoms with Gasteiger partial charge in [-0.15, -0.1) is 0 Å². The lowest BCUT2D eigenvalue weighted by Gasteiger charge is -2.11. The van der Waals surface area contributed by atoms with E-state index < -0.39 is 0 Å². The molecule has 1 aromatic carbocycles. The Bertz CT molecular complexity index is 464. The number of hydrogen-bond acceptors (Lipinski definition) is 5. The first kappa shape index (κ1) is 11.3. The third kappa shape index (κ3) is 1.91. The van der Waals surface area contributed by atoms with E-state index in [0.29, 0.717) is 34.8 Å². The summed E-state index contributed by atoms with van der Waals surface area (Å²) in [7, 11) is 3.06. The zero-order valence-electron chi connectivity index (χ0n) is 9.56. The van der Waals surface area contributed by atoms with E-state index in [1.807, 2.05) is 0 Å². The van der Waals surface area contributed by atoms with Crippen LogP contribution in [0.3, 0.4) is 0 Å². The molecule has 0 fully saturated rings. The average Bonchev–Trinajstić information content (AvgIpc) is 2.84. The summed E-state index contributed by atoms with van der Waals surface area (Å²) < 4.78 is 21.1. The number of aldehydes is 1. The summed E-state index contributed by atoms with van der Waals surface area (Å²) in [5.41, 5.74) is 0.710. The molecule has 0 saturated carbocycles. The van der Waals surface area contributed by atoms with Gasteiger partial charge in [0.1, 0.15) is 6.29 Å². The highest BCUT2D eigenvalue weighted by Gasteiger charge is 2.25. The van der Waals surface area contributed by atoms with Gasteiger partial charge in [0, 0.05) is 5.56 Å². The number of benzene rings is 1. The minimum Gasteiger partial charge on any atom is -0.493 e. The molecule has 0 spiro atoms. The second-order valence-electron chi connectivity index (χ2n) is 3.26. The fourth-order valence-electron chi connectivity index (χ4n) is 1.66. The topological polar surface area (TPSA) is 54.0 Å². The lowest BCUT2D eigenvalue weighted by Crippen LogP contribution is -1.94. The highest BCUT2D eigenvalue weighted by Crippen LogP contribution is 2.49. The smallest absolute Gasteiger partial charge is 0.231 e. The van der Waals surface area contributed by atoms with E-state index in [2.05, 4.69) is 0 Å². The van der Waals surface area contributed by atoms with Crippen LogP contribution in [-0.2, 0) is 4.79 Å². The minimum atomic E-state index is 0.126. The summed E-state index contributed by atoms with van der Waals surface area (Å²) >= 11 is 0. The van der Waals surface area contributed by atoms with Gasteiger partial charge in [0.2, 0.25) is 18.3 Å². The lowest BCUT2D eigenvalue weighted by molar-refractivity contribution is -0.104. The number of allylic oxidation sites excluding steroid dienone is 1. The van der Waals surface area contributed by atoms with E-state index in [0.717, 1.165) is 0 Å². The number of carbonyl (C=O) groups is 1. The molecule has 0 unspecified atom stereocenters. The predicted octanol–water partition coefficient (Wildman–Crippen LogP) is 1.64.